The van der Waals surface area contributed by atoms with E-state index in [2.05, 4.69) is 19.2 Å². The van der Waals surface area contributed by atoms with Gasteiger partial charge in [0.25, 0.3) is 0 Å². The molecule has 1 aliphatic heterocycles. The Morgan fingerprint density at radius 2 is 2.05 bits per heavy atom. The van der Waals surface area contributed by atoms with Crippen molar-refractivity contribution in [1.82, 2.24) is 10.2 Å². The molecule has 1 aromatic rings. The van der Waals surface area contributed by atoms with Crippen LogP contribution in [0.25, 0.3) is 0 Å². The Labute approximate surface area is 123 Å². The molecule has 0 radical (unpaired) electrons. The Morgan fingerprint density at radius 3 is 2.57 bits per heavy atom. The number of nitrogens with one attached hydrogen (secondary N) is 1. The van der Waals surface area contributed by atoms with Crippen LogP contribution >= 0.6 is 0 Å². The van der Waals surface area contributed by atoms with Gasteiger partial charge in [0, 0.05) is 17.7 Å². The maximum absolute atomic E-state index is 14.1. The smallest absolute Gasteiger partial charge is 0.241 e. The van der Waals surface area contributed by atoms with Crippen molar-refractivity contribution in [3.05, 3.63) is 35.4 Å². The molecule has 1 aromatic carbocycles. The van der Waals surface area contributed by atoms with Gasteiger partial charge < -0.3 is 4.90 Å². The summed E-state index contributed by atoms with van der Waals surface area (Å²) in [5.41, 5.74) is 0.401. The van der Waals surface area contributed by atoms with Crippen molar-refractivity contribution in [2.24, 2.45) is 5.41 Å². The average Bonchev–Trinajstić information content (AvgIpc) is 2.89. The normalized spacial score (nSPS) is 30.8. The minimum atomic E-state index is -0.611. The van der Waals surface area contributed by atoms with Crippen molar-refractivity contribution < 1.29 is 13.6 Å². The summed E-state index contributed by atoms with van der Waals surface area (Å²) >= 11 is 0. The Hall–Kier alpha value is -1.49. The monoisotopic (exact) mass is 294 g/mol. The zero-order valence-electron chi connectivity index (χ0n) is 12.5. The van der Waals surface area contributed by atoms with Gasteiger partial charge in [0.2, 0.25) is 5.91 Å². The second-order valence-electron chi connectivity index (χ2n) is 6.65. The molecule has 1 aliphatic carbocycles. The molecule has 2 fully saturated rings. The Bertz CT molecular complexity index is 588. The molecule has 3 rings (SSSR count). The summed E-state index contributed by atoms with van der Waals surface area (Å²) in [4.78, 5) is 14.3. The van der Waals surface area contributed by atoms with Gasteiger partial charge in [-0.25, -0.2) is 8.78 Å². The topological polar surface area (TPSA) is 32.3 Å². The van der Waals surface area contributed by atoms with Crippen molar-refractivity contribution in [2.45, 2.75) is 51.9 Å². The fourth-order valence-corrected chi connectivity index (χ4v) is 3.15. The lowest BCUT2D eigenvalue weighted by Gasteiger charge is -2.26. The van der Waals surface area contributed by atoms with Gasteiger partial charge in [0.15, 0.2) is 0 Å². The van der Waals surface area contributed by atoms with Gasteiger partial charge in [-0.1, -0.05) is 20.8 Å². The van der Waals surface area contributed by atoms with E-state index in [9.17, 15) is 13.6 Å². The third-order valence-electron chi connectivity index (χ3n) is 4.65. The fraction of sp³-hybridized carbons (Fsp3) is 0.562. The number of nitrogens with zero attached hydrogens (tertiary/aromatic N) is 1. The van der Waals surface area contributed by atoms with Gasteiger partial charge in [-0.15, -0.1) is 0 Å². The van der Waals surface area contributed by atoms with Crippen molar-refractivity contribution in [3.63, 3.8) is 0 Å². The van der Waals surface area contributed by atoms with E-state index < -0.39 is 17.8 Å². The summed E-state index contributed by atoms with van der Waals surface area (Å²) in [5, 5.41) is 3.19. The van der Waals surface area contributed by atoms with Crippen LogP contribution in [0.5, 0.6) is 0 Å². The van der Waals surface area contributed by atoms with Gasteiger partial charge in [-0.3, -0.25) is 10.1 Å². The quantitative estimate of drug-likeness (QED) is 0.929. The number of hydrogen-bond acceptors (Lipinski definition) is 2. The standard InChI is InChI=1S/C16H20F2N2O/c1-4-12-15(21)20(13-8-16(13,2)3)14(19-12)10-6-5-9(17)7-11(10)18/h5-7,12-14,19H,4,8H2,1-3H3. The van der Waals surface area contributed by atoms with Crippen LogP contribution in [0.2, 0.25) is 0 Å². The highest BCUT2D eigenvalue weighted by Crippen LogP contribution is 2.52. The third kappa shape index (κ3) is 2.33. The van der Waals surface area contributed by atoms with E-state index in [1.54, 1.807) is 4.90 Å². The van der Waals surface area contributed by atoms with Crippen molar-refractivity contribution in [1.29, 1.82) is 0 Å². The maximum Gasteiger partial charge on any atom is 0.241 e. The fourth-order valence-electron chi connectivity index (χ4n) is 3.15. The predicted molar refractivity (Wildman–Crippen MR) is 75.3 cm³/mol. The molecule has 0 spiro atoms. The maximum atomic E-state index is 14.1. The lowest BCUT2D eigenvalue weighted by atomic mass is 10.1. The van der Waals surface area contributed by atoms with Gasteiger partial charge >= 0.3 is 0 Å². The molecule has 0 bridgehead atoms. The van der Waals surface area contributed by atoms with Gasteiger partial charge in [-0.05, 0) is 30.4 Å². The highest BCUT2D eigenvalue weighted by molar-refractivity contribution is 5.85. The summed E-state index contributed by atoms with van der Waals surface area (Å²) < 4.78 is 27.2. The minimum Gasteiger partial charge on any atom is -0.318 e. The van der Waals surface area contributed by atoms with E-state index in [1.807, 2.05) is 6.92 Å². The van der Waals surface area contributed by atoms with Gasteiger partial charge in [0.05, 0.1) is 6.04 Å². The molecule has 1 saturated heterocycles. The van der Waals surface area contributed by atoms with E-state index >= 15 is 0 Å². The van der Waals surface area contributed by atoms with Crippen molar-refractivity contribution >= 4 is 5.91 Å². The molecule has 2 aliphatic rings. The molecule has 1 amide bonds. The molecule has 5 heteroatoms. The number of amides is 1. The number of rotatable bonds is 3. The molecule has 3 nitrogen and oxygen atoms in total. The van der Waals surface area contributed by atoms with E-state index in [1.165, 1.54) is 12.1 Å². The number of halogens is 2. The SMILES string of the molecule is CCC1NC(c2ccc(F)cc2F)N(C2CC2(C)C)C1=O. The van der Waals surface area contributed by atoms with Crippen LogP contribution in [0.15, 0.2) is 18.2 Å². The zero-order valence-corrected chi connectivity index (χ0v) is 12.5. The Kier molecular flexibility index (Phi) is 3.28. The lowest BCUT2D eigenvalue weighted by molar-refractivity contribution is -0.131. The first-order valence-corrected chi connectivity index (χ1v) is 7.38. The first-order chi connectivity index (χ1) is 9.85. The van der Waals surface area contributed by atoms with E-state index in [0.29, 0.717) is 12.0 Å². The molecule has 1 N–H and O–H groups in total. The summed E-state index contributed by atoms with van der Waals surface area (Å²) in [5.74, 6) is -1.20. The van der Waals surface area contributed by atoms with Crippen molar-refractivity contribution in [3.8, 4) is 0 Å². The first-order valence-electron chi connectivity index (χ1n) is 7.38. The number of benzene rings is 1. The van der Waals surface area contributed by atoms with Crippen molar-refractivity contribution in [2.75, 3.05) is 0 Å². The summed E-state index contributed by atoms with van der Waals surface area (Å²) in [6.45, 7) is 6.12. The Balaban J connectivity index is 1.97. The minimum absolute atomic E-state index is 0.0156. The van der Waals surface area contributed by atoms with E-state index in [4.69, 9.17) is 0 Å². The van der Waals surface area contributed by atoms with Crippen LogP contribution in [0.4, 0.5) is 8.78 Å². The molecule has 3 atom stereocenters. The first kappa shape index (κ1) is 14.4. The number of carbonyl (C=O) groups excluding carboxylic acids is 1. The molecular formula is C16H20F2N2O. The number of carbonyl (C=O) groups is 1. The zero-order chi connectivity index (χ0) is 15.4. The molecule has 1 heterocycles. The molecular weight excluding hydrogens is 274 g/mol. The van der Waals surface area contributed by atoms with Gasteiger partial charge in [-0.2, -0.15) is 0 Å². The summed E-state index contributed by atoms with van der Waals surface area (Å²) in [7, 11) is 0. The van der Waals surface area contributed by atoms with Crippen LogP contribution in [-0.4, -0.2) is 22.9 Å². The number of hydrogen-bond donors (Lipinski definition) is 1. The molecule has 0 aromatic heterocycles. The average molecular weight is 294 g/mol. The molecule has 3 unspecified atom stereocenters. The Morgan fingerprint density at radius 1 is 1.38 bits per heavy atom. The second-order valence-corrected chi connectivity index (χ2v) is 6.65. The summed E-state index contributed by atoms with van der Waals surface area (Å²) in [6, 6.07) is 3.35. The predicted octanol–water partition coefficient (Wildman–Crippen LogP) is 2.97. The van der Waals surface area contributed by atoms with E-state index in [0.717, 1.165) is 12.5 Å². The van der Waals surface area contributed by atoms with Crippen LogP contribution in [0.1, 0.15) is 45.3 Å². The molecule has 21 heavy (non-hydrogen) atoms. The van der Waals surface area contributed by atoms with Crippen LogP contribution in [-0.2, 0) is 4.79 Å². The molecule has 114 valence electrons. The van der Waals surface area contributed by atoms with Crippen LogP contribution in [0.3, 0.4) is 0 Å². The largest absolute Gasteiger partial charge is 0.318 e. The van der Waals surface area contributed by atoms with Crippen LogP contribution in [0, 0.1) is 17.0 Å². The summed E-state index contributed by atoms with van der Waals surface area (Å²) in [6.07, 6.45) is 1.06. The highest BCUT2D eigenvalue weighted by Gasteiger charge is 2.56. The second kappa shape index (κ2) is 4.77. The van der Waals surface area contributed by atoms with Crippen LogP contribution < -0.4 is 5.32 Å². The van der Waals surface area contributed by atoms with Gasteiger partial charge in [0.1, 0.15) is 17.8 Å². The molecule has 1 saturated carbocycles. The van der Waals surface area contributed by atoms with E-state index in [-0.39, 0.29) is 23.4 Å². The highest BCUT2D eigenvalue weighted by atomic mass is 19.1. The lowest BCUT2D eigenvalue weighted by Crippen LogP contribution is -2.35. The third-order valence-corrected chi connectivity index (χ3v) is 4.65.